The molecule has 0 heterocycles. The van der Waals surface area contributed by atoms with E-state index in [-0.39, 0.29) is 6.42 Å². The van der Waals surface area contributed by atoms with Crippen molar-refractivity contribution < 1.29 is 32.6 Å². The second kappa shape index (κ2) is 4.66. The molecule has 1 aliphatic carbocycles. The minimum atomic E-state index is -5.12. The van der Waals surface area contributed by atoms with Crippen molar-refractivity contribution in [2.24, 2.45) is 5.41 Å². The number of ether oxygens (including phenoxy) is 1. The van der Waals surface area contributed by atoms with Crippen molar-refractivity contribution in [2.45, 2.75) is 45.0 Å². The molecule has 0 bridgehead atoms. The molecule has 0 aromatic rings. The molecule has 1 aliphatic rings. The molecular weight excluding hydrogens is 267 g/mol. The van der Waals surface area contributed by atoms with Crippen LogP contribution in [0, 0.1) is 5.41 Å². The first-order chi connectivity index (χ1) is 8.49. The van der Waals surface area contributed by atoms with Gasteiger partial charge in [-0.2, -0.15) is 13.2 Å². The topological polar surface area (TPSA) is 75.6 Å². The predicted molar refractivity (Wildman–Crippen MR) is 58.4 cm³/mol. The number of rotatable bonds is 4. The van der Waals surface area contributed by atoms with Crippen LogP contribution in [-0.4, -0.2) is 41.4 Å². The Morgan fingerprint density at radius 2 is 1.95 bits per heavy atom. The predicted octanol–water partition coefficient (Wildman–Crippen LogP) is 1.32. The van der Waals surface area contributed by atoms with Crippen LogP contribution >= 0.6 is 0 Å². The lowest BCUT2D eigenvalue weighted by atomic mass is 9.54. The van der Waals surface area contributed by atoms with Gasteiger partial charge in [0, 0.05) is 18.4 Å². The summed E-state index contributed by atoms with van der Waals surface area (Å²) in [6.07, 6.45) is -5.82. The molecule has 0 spiro atoms. The summed E-state index contributed by atoms with van der Waals surface area (Å²) in [6, 6.07) is 0. The lowest BCUT2D eigenvalue weighted by molar-refractivity contribution is -0.205. The fourth-order valence-electron chi connectivity index (χ4n) is 2.30. The summed E-state index contributed by atoms with van der Waals surface area (Å²) >= 11 is 0. The van der Waals surface area contributed by atoms with Gasteiger partial charge in [0.25, 0.3) is 0 Å². The zero-order chi connectivity index (χ0) is 15.1. The highest BCUT2D eigenvalue weighted by Crippen LogP contribution is 2.51. The molecule has 1 saturated carbocycles. The van der Waals surface area contributed by atoms with Crippen LogP contribution in [0.2, 0.25) is 0 Å². The molecule has 1 rings (SSSR count). The minimum absolute atomic E-state index is 0.189. The van der Waals surface area contributed by atoms with Crippen LogP contribution in [0.1, 0.15) is 27.2 Å². The van der Waals surface area contributed by atoms with E-state index in [1.54, 1.807) is 12.2 Å². The van der Waals surface area contributed by atoms with E-state index in [0.717, 1.165) is 0 Å². The van der Waals surface area contributed by atoms with Gasteiger partial charge < -0.3 is 15.2 Å². The highest BCUT2D eigenvalue weighted by atomic mass is 19.4. The van der Waals surface area contributed by atoms with E-state index in [1.807, 2.05) is 0 Å². The van der Waals surface area contributed by atoms with Crippen LogP contribution in [-0.2, 0) is 14.3 Å². The number of hydrogen-bond donors (Lipinski definition) is 2. The highest BCUT2D eigenvalue weighted by molar-refractivity contribution is 5.91. The third-order valence-electron chi connectivity index (χ3n) is 3.71. The Bertz CT molecular complexity index is 394. The van der Waals surface area contributed by atoms with Crippen LogP contribution in [0.3, 0.4) is 0 Å². The van der Waals surface area contributed by atoms with E-state index in [4.69, 9.17) is 4.74 Å². The normalized spacial score (nSPS) is 29.5. The van der Waals surface area contributed by atoms with Crippen LogP contribution < -0.4 is 5.32 Å². The number of hydrogen-bond acceptors (Lipinski definition) is 3. The monoisotopic (exact) mass is 283 g/mol. The Morgan fingerprint density at radius 3 is 2.26 bits per heavy atom. The third kappa shape index (κ3) is 2.41. The summed E-state index contributed by atoms with van der Waals surface area (Å²) in [7, 11) is 0. The van der Waals surface area contributed by atoms with Gasteiger partial charge in [-0.3, -0.25) is 4.79 Å². The first-order valence-corrected chi connectivity index (χ1v) is 5.73. The number of carboxylic acid groups (broad SMARTS) is 1. The zero-order valence-corrected chi connectivity index (χ0v) is 10.8. The Hall–Kier alpha value is -1.31. The van der Waals surface area contributed by atoms with E-state index in [0.29, 0.717) is 6.61 Å². The van der Waals surface area contributed by atoms with Crippen LogP contribution in [0.15, 0.2) is 0 Å². The van der Waals surface area contributed by atoms with E-state index in [1.165, 1.54) is 13.8 Å². The molecule has 1 fully saturated rings. The van der Waals surface area contributed by atoms with Gasteiger partial charge in [-0.05, 0) is 6.92 Å². The van der Waals surface area contributed by atoms with Crippen molar-refractivity contribution in [3.63, 3.8) is 0 Å². The molecule has 2 N–H and O–H groups in total. The van der Waals surface area contributed by atoms with Crippen molar-refractivity contribution >= 4 is 11.9 Å². The van der Waals surface area contributed by atoms with E-state index >= 15 is 0 Å². The molecule has 1 amide bonds. The van der Waals surface area contributed by atoms with E-state index in [2.05, 4.69) is 0 Å². The fraction of sp³-hybridized carbons (Fsp3) is 0.818. The molecule has 0 saturated heterocycles. The van der Waals surface area contributed by atoms with Gasteiger partial charge in [0.05, 0.1) is 6.10 Å². The SMILES string of the molecule is CCO[C@@H]1C[C@@](NC(=O)C(F)(F)F)(C(=O)O)C1(C)C. The molecule has 0 unspecified atom stereocenters. The summed E-state index contributed by atoms with van der Waals surface area (Å²) in [4.78, 5) is 22.3. The first-order valence-electron chi connectivity index (χ1n) is 5.73. The first kappa shape index (κ1) is 15.7. The molecule has 2 atom stereocenters. The zero-order valence-electron chi connectivity index (χ0n) is 10.8. The molecule has 0 aromatic carbocycles. The molecule has 0 aliphatic heterocycles. The number of carboxylic acids is 1. The lowest BCUT2D eigenvalue weighted by Gasteiger charge is -2.58. The number of alkyl halides is 3. The van der Waals surface area contributed by atoms with Crippen molar-refractivity contribution in [3.05, 3.63) is 0 Å². The van der Waals surface area contributed by atoms with Crippen molar-refractivity contribution in [1.82, 2.24) is 5.32 Å². The standard InChI is InChI=1S/C11H16F3NO4/c1-4-19-6-5-10(8(17)18,9(6,2)3)15-7(16)11(12,13)14/h6H,4-5H2,1-3H3,(H,15,16)(H,17,18)/t6-,10-/m1/s1. The molecule has 110 valence electrons. The number of carbonyl (C=O) groups is 2. The summed E-state index contributed by atoms with van der Waals surface area (Å²) < 4.78 is 42.1. The molecule has 0 aromatic heterocycles. The highest BCUT2D eigenvalue weighted by Gasteiger charge is 2.67. The fourth-order valence-corrected chi connectivity index (χ4v) is 2.30. The number of amides is 1. The van der Waals surface area contributed by atoms with Crippen LogP contribution in [0.25, 0.3) is 0 Å². The molecule has 8 heteroatoms. The van der Waals surface area contributed by atoms with Gasteiger partial charge >= 0.3 is 18.1 Å². The third-order valence-corrected chi connectivity index (χ3v) is 3.71. The maximum Gasteiger partial charge on any atom is 0.471 e. The van der Waals surface area contributed by atoms with E-state index in [9.17, 15) is 27.9 Å². The van der Waals surface area contributed by atoms with Gasteiger partial charge in [-0.25, -0.2) is 4.79 Å². The largest absolute Gasteiger partial charge is 0.479 e. The van der Waals surface area contributed by atoms with E-state index < -0.39 is 35.1 Å². The summed E-state index contributed by atoms with van der Waals surface area (Å²) in [5, 5.41) is 10.8. The van der Waals surface area contributed by atoms with Crippen LogP contribution in [0.4, 0.5) is 13.2 Å². The minimum Gasteiger partial charge on any atom is -0.479 e. The number of halogens is 3. The lowest BCUT2D eigenvalue weighted by Crippen LogP contribution is -2.77. The summed E-state index contributed by atoms with van der Waals surface area (Å²) in [5.74, 6) is -3.75. The summed E-state index contributed by atoms with van der Waals surface area (Å²) in [5.41, 5.74) is -3.09. The van der Waals surface area contributed by atoms with Gasteiger partial charge in [-0.1, -0.05) is 13.8 Å². The van der Waals surface area contributed by atoms with Gasteiger partial charge in [-0.15, -0.1) is 0 Å². The molecule has 5 nitrogen and oxygen atoms in total. The number of nitrogens with one attached hydrogen (secondary N) is 1. The smallest absolute Gasteiger partial charge is 0.471 e. The Morgan fingerprint density at radius 1 is 1.42 bits per heavy atom. The van der Waals surface area contributed by atoms with Gasteiger partial charge in [0.15, 0.2) is 0 Å². The Labute approximate surface area is 108 Å². The maximum absolute atomic E-state index is 12.3. The van der Waals surface area contributed by atoms with Crippen molar-refractivity contribution in [2.75, 3.05) is 6.61 Å². The molecule has 19 heavy (non-hydrogen) atoms. The second-order valence-corrected chi connectivity index (χ2v) is 5.03. The average Bonchev–Trinajstić information content (AvgIpc) is 2.25. The average molecular weight is 283 g/mol. The van der Waals surface area contributed by atoms with Crippen molar-refractivity contribution in [3.8, 4) is 0 Å². The van der Waals surface area contributed by atoms with Crippen LogP contribution in [0.5, 0.6) is 0 Å². The summed E-state index contributed by atoms with van der Waals surface area (Å²) in [6.45, 7) is 4.94. The quantitative estimate of drug-likeness (QED) is 0.816. The molecule has 0 radical (unpaired) electrons. The number of aliphatic carboxylic acids is 1. The maximum atomic E-state index is 12.3. The Balaban J connectivity index is 2.97. The van der Waals surface area contributed by atoms with Gasteiger partial charge in [0.1, 0.15) is 5.54 Å². The molecular formula is C11H16F3NO4. The number of carbonyl (C=O) groups excluding carboxylic acids is 1. The van der Waals surface area contributed by atoms with Gasteiger partial charge in [0.2, 0.25) is 0 Å². The van der Waals surface area contributed by atoms with Crippen molar-refractivity contribution in [1.29, 1.82) is 0 Å². The Kier molecular flexibility index (Phi) is 3.86. The second-order valence-electron chi connectivity index (χ2n) is 5.03.